The summed E-state index contributed by atoms with van der Waals surface area (Å²) in [6, 6.07) is 9.95. The molecule has 1 aliphatic heterocycles. The Hall–Kier alpha value is -2.32. The van der Waals surface area contributed by atoms with Crippen LogP contribution in [0.1, 0.15) is 13.3 Å². The molecule has 0 aromatic heterocycles. The number of sulfone groups is 1. The molecule has 0 amide bonds. The Morgan fingerprint density at radius 1 is 1.42 bits per heavy atom. The molecule has 0 radical (unpaired) electrons. The SMILES string of the molecule is CCC1=CN(C(=C=N)C#N)C=CC1C(Cl)S(=O)(=O)c1ccccc1. The summed E-state index contributed by atoms with van der Waals surface area (Å²) in [4.78, 5) is 1.62. The topological polar surface area (TPSA) is 85.0 Å². The Kier molecular flexibility index (Phi) is 5.63. The second kappa shape index (κ2) is 7.50. The van der Waals surface area contributed by atoms with Gasteiger partial charge in [-0.2, -0.15) is 5.26 Å². The van der Waals surface area contributed by atoms with E-state index in [2.05, 4.69) is 5.87 Å². The maximum atomic E-state index is 12.7. The molecule has 0 spiro atoms. The summed E-state index contributed by atoms with van der Waals surface area (Å²) in [5, 5.41) is 16.1. The van der Waals surface area contributed by atoms with Crippen molar-refractivity contribution in [3.8, 4) is 6.07 Å². The number of nitrogens with zero attached hydrogens (tertiary/aromatic N) is 2. The minimum Gasteiger partial charge on any atom is -0.308 e. The minimum atomic E-state index is -3.70. The number of nitriles is 1. The van der Waals surface area contributed by atoms with E-state index in [1.807, 2.05) is 13.0 Å². The van der Waals surface area contributed by atoms with Crippen molar-refractivity contribution in [1.82, 2.24) is 4.90 Å². The van der Waals surface area contributed by atoms with E-state index in [4.69, 9.17) is 22.3 Å². The molecule has 2 rings (SSSR count). The van der Waals surface area contributed by atoms with Gasteiger partial charge in [-0.3, -0.25) is 5.41 Å². The quantitative estimate of drug-likeness (QED) is 0.494. The highest BCUT2D eigenvalue weighted by Crippen LogP contribution is 2.34. The van der Waals surface area contributed by atoms with Crippen LogP contribution in [0.25, 0.3) is 0 Å². The second-order valence-electron chi connectivity index (χ2n) is 5.13. The smallest absolute Gasteiger partial charge is 0.196 e. The predicted molar refractivity (Wildman–Crippen MR) is 93.0 cm³/mol. The molecule has 0 aliphatic carbocycles. The molecule has 0 fully saturated rings. The molecule has 1 heterocycles. The summed E-state index contributed by atoms with van der Waals surface area (Å²) in [6.45, 7) is 1.88. The molecule has 0 saturated heterocycles. The van der Waals surface area contributed by atoms with Crippen LogP contribution in [0.3, 0.4) is 0 Å². The number of hydrogen-bond donors (Lipinski definition) is 1. The number of allylic oxidation sites excluding steroid dienone is 3. The van der Waals surface area contributed by atoms with E-state index in [-0.39, 0.29) is 10.6 Å². The minimum absolute atomic E-state index is 0.0210. The first kappa shape index (κ1) is 18.0. The molecule has 1 aromatic rings. The van der Waals surface area contributed by atoms with Crippen molar-refractivity contribution in [1.29, 1.82) is 10.7 Å². The predicted octanol–water partition coefficient (Wildman–Crippen LogP) is 3.42. The molecular weight excluding hydrogens is 346 g/mol. The highest BCUT2D eigenvalue weighted by molar-refractivity contribution is 7.93. The Balaban J connectivity index is 2.36. The van der Waals surface area contributed by atoms with Gasteiger partial charge in [0.2, 0.25) is 0 Å². The van der Waals surface area contributed by atoms with Crippen molar-refractivity contribution < 1.29 is 8.42 Å². The normalized spacial score (nSPS) is 18.3. The summed E-state index contributed by atoms with van der Waals surface area (Å²) in [6.07, 6.45) is 5.39. The first-order valence-corrected chi connectivity index (χ1v) is 9.24. The van der Waals surface area contributed by atoms with E-state index >= 15 is 0 Å². The highest BCUT2D eigenvalue weighted by Gasteiger charge is 2.34. The molecule has 2 unspecified atom stereocenters. The number of hydrogen-bond acceptors (Lipinski definition) is 5. The summed E-state index contributed by atoms with van der Waals surface area (Å²) in [5.74, 6) is 1.54. The lowest BCUT2D eigenvalue weighted by molar-refractivity contribution is 0.564. The van der Waals surface area contributed by atoms with Crippen molar-refractivity contribution in [3.63, 3.8) is 0 Å². The van der Waals surface area contributed by atoms with Crippen LogP contribution in [0.4, 0.5) is 0 Å². The van der Waals surface area contributed by atoms with Crippen LogP contribution in [0.5, 0.6) is 0 Å². The average Bonchev–Trinajstić information content (AvgIpc) is 2.62. The van der Waals surface area contributed by atoms with E-state index in [9.17, 15) is 8.42 Å². The fourth-order valence-corrected chi connectivity index (χ4v) is 4.42. The molecule has 0 saturated carbocycles. The van der Waals surface area contributed by atoms with Gasteiger partial charge in [-0.05, 0) is 24.1 Å². The lowest BCUT2D eigenvalue weighted by Crippen LogP contribution is -2.28. The van der Waals surface area contributed by atoms with Gasteiger partial charge in [-0.15, -0.1) is 11.6 Å². The van der Waals surface area contributed by atoms with Crippen molar-refractivity contribution in [2.45, 2.75) is 22.9 Å². The van der Waals surface area contributed by atoms with Crippen LogP contribution in [-0.4, -0.2) is 23.9 Å². The van der Waals surface area contributed by atoms with Gasteiger partial charge < -0.3 is 4.90 Å². The van der Waals surface area contributed by atoms with Crippen LogP contribution in [0, 0.1) is 22.7 Å². The number of alkyl halides is 1. The standard InChI is InChI=1S/C17H16ClN3O2S/c1-2-13-12-21(14(10-19)11-20)9-8-16(13)17(18)24(22,23)15-6-4-3-5-7-15/h3-9,12,16-17,19H,2H2,1H3. The van der Waals surface area contributed by atoms with Crippen molar-refractivity contribution in [2.75, 3.05) is 0 Å². The highest BCUT2D eigenvalue weighted by atomic mass is 35.5. The monoisotopic (exact) mass is 361 g/mol. The maximum absolute atomic E-state index is 12.7. The van der Waals surface area contributed by atoms with Gasteiger partial charge in [-0.25, -0.2) is 8.42 Å². The van der Waals surface area contributed by atoms with Gasteiger partial charge in [0.25, 0.3) is 0 Å². The van der Waals surface area contributed by atoms with E-state index in [1.54, 1.807) is 36.7 Å². The maximum Gasteiger partial charge on any atom is 0.196 e. The first-order valence-electron chi connectivity index (χ1n) is 7.25. The largest absolute Gasteiger partial charge is 0.308 e. The van der Waals surface area contributed by atoms with Crippen LogP contribution < -0.4 is 0 Å². The molecule has 5 nitrogen and oxygen atoms in total. The molecule has 0 bridgehead atoms. The Bertz CT molecular complexity index is 863. The molecule has 1 aromatic carbocycles. The molecule has 24 heavy (non-hydrogen) atoms. The molecule has 1 N–H and O–H groups in total. The van der Waals surface area contributed by atoms with Crippen molar-refractivity contribution in [3.05, 3.63) is 60.1 Å². The number of rotatable bonds is 5. The number of nitrogens with one attached hydrogen (secondary N) is 1. The van der Waals surface area contributed by atoms with Gasteiger partial charge in [-0.1, -0.05) is 31.2 Å². The van der Waals surface area contributed by atoms with Crippen LogP contribution in [-0.2, 0) is 9.84 Å². The van der Waals surface area contributed by atoms with E-state index in [0.29, 0.717) is 6.42 Å². The molecule has 7 heteroatoms. The Labute approximate surface area is 146 Å². The number of halogens is 1. The molecule has 124 valence electrons. The number of benzene rings is 1. The zero-order valence-corrected chi connectivity index (χ0v) is 14.6. The zero-order chi connectivity index (χ0) is 17.7. The van der Waals surface area contributed by atoms with Gasteiger partial charge in [0, 0.05) is 24.2 Å². The third-order valence-electron chi connectivity index (χ3n) is 3.73. The van der Waals surface area contributed by atoms with Gasteiger partial charge in [0.05, 0.1) is 4.90 Å². The fourth-order valence-electron chi connectivity index (χ4n) is 2.42. The second-order valence-corrected chi connectivity index (χ2v) is 7.93. The van der Waals surface area contributed by atoms with Crippen LogP contribution in [0.2, 0.25) is 0 Å². The third kappa shape index (κ3) is 3.44. The van der Waals surface area contributed by atoms with E-state index in [1.165, 1.54) is 17.0 Å². The summed E-state index contributed by atoms with van der Waals surface area (Å²) >= 11 is 6.33. The van der Waals surface area contributed by atoms with Gasteiger partial charge >= 0.3 is 0 Å². The lowest BCUT2D eigenvalue weighted by atomic mass is 9.97. The molecule has 2 atom stereocenters. The van der Waals surface area contributed by atoms with Gasteiger partial charge in [0.1, 0.15) is 10.8 Å². The average molecular weight is 362 g/mol. The zero-order valence-electron chi connectivity index (χ0n) is 13.0. The van der Waals surface area contributed by atoms with Crippen molar-refractivity contribution in [2.24, 2.45) is 5.92 Å². The first-order chi connectivity index (χ1) is 11.5. The van der Waals surface area contributed by atoms with E-state index in [0.717, 1.165) is 5.57 Å². The summed E-state index contributed by atoms with van der Waals surface area (Å²) < 4.78 is 24.3. The van der Waals surface area contributed by atoms with E-state index < -0.39 is 20.5 Å². The molecular formula is C17H16ClN3O2S. The van der Waals surface area contributed by atoms with Crippen molar-refractivity contribution >= 4 is 27.3 Å². The molecule has 1 aliphatic rings. The Morgan fingerprint density at radius 3 is 2.62 bits per heavy atom. The van der Waals surface area contributed by atoms with Gasteiger partial charge in [0.15, 0.2) is 15.5 Å². The Morgan fingerprint density at radius 2 is 2.08 bits per heavy atom. The third-order valence-corrected chi connectivity index (χ3v) is 6.52. The van der Waals surface area contributed by atoms with Crippen LogP contribution in [0.15, 0.2) is 65.0 Å². The van der Waals surface area contributed by atoms with Crippen LogP contribution >= 0.6 is 11.6 Å². The lowest BCUT2D eigenvalue weighted by Gasteiger charge is -2.28. The fraction of sp³-hybridized carbons (Fsp3) is 0.235. The summed E-state index contributed by atoms with van der Waals surface area (Å²) in [7, 11) is -3.70. The summed E-state index contributed by atoms with van der Waals surface area (Å²) in [5.41, 5.74) is 0.785.